The first-order valence-electron chi connectivity index (χ1n) is 6.23. The Morgan fingerprint density at radius 1 is 1.33 bits per heavy atom. The Morgan fingerprint density at radius 3 is 2.87 bits per heavy atom. The summed E-state index contributed by atoms with van der Waals surface area (Å²) in [5, 5.41) is 3.46. The van der Waals surface area contributed by atoms with E-state index in [1.165, 1.54) is 25.7 Å². The Morgan fingerprint density at radius 2 is 2.20 bits per heavy atom. The minimum atomic E-state index is 0.550. The van der Waals surface area contributed by atoms with E-state index in [0.717, 1.165) is 38.1 Å². The predicted molar refractivity (Wildman–Crippen MR) is 59.9 cm³/mol. The van der Waals surface area contributed by atoms with Gasteiger partial charge in [0.2, 0.25) is 0 Å². The molecule has 1 aliphatic heterocycles. The summed E-state index contributed by atoms with van der Waals surface area (Å²) < 4.78 is 10.9. The van der Waals surface area contributed by atoms with E-state index < -0.39 is 0 Å². The normalized spacial score (nSPS) is 31.8. The molecule has 1 N–H and O–H groups in total. The minimum Gasteiger partial charge on any atom is -0.383 e. The first-order chi connectivity index (χ1) is 7.42. The Kier molecular flexibility index (Phi) is 4.42. The Bertz CT molecular complexity index is 182. The van der Waals surface area contributed by atoms with E-state index in [0.29, 0.717) is 6.10 Å². The summed E-state index contributed by atoms with van der Waals surface area (Å²) in [7, 11) is 1.75. The molecule has 0 spiro atoms. The van der Waals surface area contributed by atoms with E-state index in [-0.39, 0.29) is 0 Å². The van der Waals surface area contributed by atoms with Crippen LogP contribution in [0.25, 0.3) is 0 Å². The van der Waals surface area contributed by atoms with Crippen LogP contribution in [-0.2, 0) is 9.47 Å². The van der Waals surface area contributed by atoms with Gasteiger partial charge in [0.25, 0.3) is 0 Å². The first kappa shape index (κ1) is 11.4. The van der Waals surface area contributed by atoms with Gasteiger partial charge in [0.15, 0.2) is 0 Å². The molecule has 1 heterocycles. The maximum Gasteiger partial charge on any atom is 0.0644 e. The second-order valence-corrected chi connectivity index (χ2v) is 4.77. The van der Waals surface area contributed by atoms with Gasteiger partial charge in [-0.05, 0) is 25.2 Å². The third-order valence-electron chi connectivity index (χ3n) is 3.77. The molecule has 0 aromatic rings. The van der Waals surface area contributed by atoms with Crippen molar-refractivity contribution in [1.29, 1.82) is 0 Å². The fourth-order valence-corrected chi connectivity index (χ4v) is 2.63. The van der Waals surface area contributed by atoms with Crippen LogP contribution in [0.3, 0.4) is 0 Å². The zero-order valence-electron chi connectivity index (χ0n) is 9.71. The second-order valence-electron chi connectivity index (χ2n) is 4.77. The van der Waals surface area contributed by atoms with Crippen LogP contribution in [0.4, 0.5) is 0 Å². The second kappa shape index (κ2) is 5.83. The van der Waals surface area contributed by atoms with Crippen molar-refractivity contribution in [3.8, 4) is 0 Å². The Balaban J connectivity index is 1.66. The van der Waals surface area contributed by atoms with Gasteiger partial charge in [-0.1, -0.05) is 6.42 Å². The lowest BCUT2D eigenvalue weighted by Gasteiger charge is -2.34. The average molecular weight is 213 g/mol. The van der Waals surface area contributed by atoms with Crippen molar-refractivity contribution in [2.75, 3.05) is 33.4 Å². The topological polar surface area (TPSA) is 30.5 Å². The highest BCUT2D eigenvalue weighted by Gasteiger charge is 2.37. The van der Waals surface area contributed by atoms with Gasteiger partial charge < -0.3 is 14.8 Å². The number of hydrogen-bond donors (Lipinski definition) is 1. The van der Waals surface area contributed by atoms with Crippen molar-refractivity contribution in [3.05, 3.63) is 0 Å². The van der Waals surface area contributed by atoms with Crippen LogP contribution < -0.4 is 5.32 Å². The number of rotatable bonds is 6. The summed E-state index contributed by atoms with van der Waals surface area (Å²) in [5.41, 5.74) is 0. The minimum absolute atomic E-state index is 0.550. The van der Waals surface area contributed by atoms with Gasteiger partial charge in [-0.15, -0.1) is 0 Å². The molecule has 2 fully saturated rings. The van der Waals surface area contributed by atoms with E-state index in [1.54, 1.807) is 7.11 Å². The van der Waals surface area contributed by atoms with Crippen molar-refractivity contribution in [2.24, 2.45) is 11.8 Å². The SMILES string of the molecule is COCCNCC1CCOC1C1CCC1. The highest BCUT2D eigenvalue weighted by molar-refractivity contribution is 4.87. The highest BCUT2D eigenvalue weighted by atomic mass is 16.5. The van der Waals surface area contributed by atoms with Gasteiger partial charge in [-0.25, -0.2) is 0 Å². The largest absolute Gasteiger partial charge is 0.383 e. The van der Waals surface area contributed by atoms with Crippen molar-refractivity contribution in [1.82, 2.24) is 5.32 Å². The van der Waals surface area contributed by atoms with Crippen molar-refractivity contribution >= 4 is 0 Å². The van der Waals surface area contributed by atoms with Crippen LogP contribution in [0.2, 0.25) is 0 Å². The average Bonchev–Trinajstić information content (AvgIpc) is 2.58. The molecule has 0 radical (unpaired) electrons. The molecule has 1 aliphatic carbocycles. The Hall–Kier alpha value is -0.120. The molecule has 0 bridgehead atoms. The molecule has 2 aliphatic rings. The molecule has 3 nitrogen and oxygen atoms in total. The molecule has 88 valence electrons. The molecule has 2 atom stereocenters. The van der Waals surface area contributed by atoms with Crippen LogP contribution in [0, 0.1) is 11.8 Å². The predicted octanol–water partition coefficient (Wildman–Crippen LogP) is 1.43. The summed E-state index contributed by atoms with van der Waals surface area (Å²) in [6.45, 7) is 3.84. The number of ether oxygens (including phenoxy) is 2. The number of nitrogens with one attached hydrogen (secondary N) is 1. The molecule has 3 heteroatoms. The molecule has 1 saturated carbocycles. The molecule has 1 saturated heterocycles. The first-order valence-corrected chi connectivity index (χ1v) is 6.23. The van der Waals surface area contributed by atoms with Crippen LogP contribution in [-0.4, -0.2) is 39.5 Å². The van der Waals surface area contributed by atoms with Crippen LogP contribution >= 0.6 is 0 Å². The highest BCUT2D eigenvalue weighted by Crippen LogP contribution is 2.38. The summed E-state index contributed by atoms with van der Waals surface area (Å²) >= 11 is 0. The third kappa shape index (κ3) is 2.92. The van der Waals surface area contributed by atoms with Gasteiger partial charge >= 0.3 is 0 Å². The van der Waals surface area contributed by atoms with Crippen molar-refractivity contribution in [3.63, 3.8) is 0 Å². The van der Waals surface area contributed by atoms with Gasteiger partial charge in [0.1, 0.15) is 0 Å². The van der Waals surface area contributed by atoms with E-state index in [2.05, 4.69) is 5.32 Å². The lowest BCUT2D eigenvalue weighted by molar-refractivity contribution is 0.0101. The van der Waals surface area contributed by atoms with Gasteiger partial charge in [-0.2, -0.15) is 0 Å². The standard InChI is InChI=1S/C12H23NO2/c1-14-8-6-13-9-11-5-7-15-12(11)10-3-2-4-10/h10-13H,2-9H2,1H3. The summed E-state index contributed by atoms with van der Waals surface area (Å²) in [4.78, 5) is 0. The lowest BCUT2D eigenvalue weighted by Crippen LogP contribution is -2.37. The smallest absolute Gasteiger partial charge is 0.0644 e. The van der Waals surface area contributed by atoms with E-state index in [4.69, 9.17) is 9.47 Å². The summed E-state index contributed by atoms with van der Waals surface area (Å²) in [5.74, 6) is 1.61. The number of hydrogen-bond acceptors (Lipinski definition) is 3. The molecular weight excluding hydrogens is 190 g/mol. The Labute approximate surface area is 92.5 Å². The molecule has 2 rings (SSSR count). The molecule has 0 aromatic heterocycles. The molecule has 0 amide bonds. The van der Waals surface area contributed by atoms with Crippen molar-refractivity contribution < 1.29 is 9.47 Å². The molecule has 0 aromatic carbocycles. The van der Waals surface area contributed by atoms with Crippen LogP contribution in [0.5, 0.6) is 0 Å². The maximum atomic E-state index is 5.86. The van der Waals surface area contributed by atoms with Crippen LogP contribution in [0.15, 0.2) is 0 Å². The van der Waals surface area contributed by atoms with Gasteiger partial charge in [0, 0.05) is 32.7 Å². The quantitative estimate of drug-likeness (QED) is 0.677. The molecular formula is C12H23NO2. The summed E-state index contributed by atoms with van der Waals surface area (Å²) in [6, 6.07) is 0. The zero-order valence-corrected chi connectivity index (χ0v) is 9.71. The van der Waals surface area contributed by atoms with E-state index in [9.17, 15) is 0 Å². The maximum absolute atomic E-state index is 5.86. The van der Waals surface area contributed by atoms with Gasteiger partial charge in [-0.3, -0.25) is 0 Å². The molecule has 15 heavy (non-hydrogen) atoms. The van der Waals surface area contributed by atoms with Crippen LogP contribution in [0.1, 0.15) is 25.7 Å². The lowest BCUT2D eigenvalue weighted by atomic mass is 9.77. The third-order valence-corrected chi connectivity index (χ3v) is 3.77. The number of methoxy groups -OCH3 is 1. The van der Waals surface area contributed by atoms with Gasteiger partial charge in [0.05, 0.1) is 12.7 Å². The summed E-state index contributed by atoms with van der Waals surface area (Å²) in [6.07, 6.45) is 5.97. The fraction of sp³-hybridized carbons (Fsp3) is 1.00. The van der Waals surface area contributed by atoms with E-state index in [1.807, 2.05) is 0 Å². The van der Waals surface area contributed by atoms with E-state index >= 15 is 0 Å². The zero-order chi connectivity index (χ0) is 10.5. The monoisotopic (exact) mass is 213 g/mol. The molecule has 2 unspecified atom stereocenters. The fourth-order valence-electron chi connectivity index (χ4n) is 2.63. The van der Waals surface area contributed by atoms with Crippen molar-refractivity contribution in [2.45, 2.75) is 31.8 Å².